The number of hydrogen-bond donors (Lipinski definition) is 2. The number of hydrogen-bond acceptors (Lipinski definition) is 5. The monoisotopic (exact) mass is 323 g/mol. The molecule has 0 bridgehead atoms. The lowest BCUT2D eigenvalue weighted by Crippen LogP contribution is -2.47. The average Bonchev–Trinajstić information content (AvgIpc) is 2.48. The van der Waals surface area contributed by atoms with Crippen molar-refractivity contribution < 1.29 is 19.4 Å². The summed E-state index contributed by atoms with van der Waals surface area (Å²) in [5.41, 5.74) is 0.428. The van der Waals surface area contributed by atoms with Gasteiger partial charge in [0.05, 0.1) is 5.60 Å². The van der Waals surface area contributed by atoms with Crippen LogP contribution < -0.4 is 5.32 Å². The lowest BCUT2D eigenvalue weighted by Gasteiger charge is -2.27. The normalized spacial score (nSPS) is 14.3. The van der Waals surface area contributed by atoms with Gasteiger partial charge in [0.25, 0.3) is 0 Å². The highest BCUT2D eigenvalue weighted by molar-refractivity contribution is 5.75. The maximum absolute atomic E-state index is 12.3. The molecule has 1 aromatic rings. The van der Waals surface area contributed by atoms with E-state index in [-0.39, 0.29) is 12.6 Å². The van der Waals surface area contributed by atoms with Crippen LogP contribution in [0.25, 0.3) is 0 Å². The Kier molecular flexibility index (Phi) is 8.23. The Morgan fingerprint density at radius 3 is 2.48 bits per heavy atom. The summed E-state index contributed by atoms with van der Waals surface area (Å²) in [5.74, 6) is -0.376. The number of rotatable bonds is 9. The summed E-state index contributed by atoms with van der Waals surface area (Å²) in [7, 11) is 0. The molecule has 0 saturated heterocycles. The van der Waals surface area contributed by atoms with Gasteiger partial charge in [0.2, 0.25) is 6.41 Å². The highest BCUT2D eigenvalue weighted by Gasteiger charge is 2.25. The quantitative estimate of drug-likeness (QED) is 0.540. The largest absolute Gasteiger partial charge is 0.460 e. The fourth-order valence-corrected chi connectivity index (χ4v) is 2.05. The molecule has 0 amide bonds. The van der Waals surface area contributed by atoms with Crippen LogP contribution in [-0.4, -0.2) is 29.1 Å². The zero-order valence-electron chi connectivity index (χ0n) is 14.5. The number of ether oxygens (including phenoxy) is 2. The van der Waals surface area contributed by atoms with Gasteiger partial charge < -0.3 is 14.6 Å². The van der Waals surface area contributed by atoms with Gasteiger partial charge in [-0.15, -0.1) is 0 Å². The molecule has 130 valence electrons. The van der Waals surface area contributed by atoms with Gasteiger partial charge in [-0.3, -0.25) is 10.1 Å². The fraction of sp³-hybridized carbons (Fsp3) is 0.611. The molecule has 0 aromatic heterocycles. The van der Waals surface area contributed by atoms with E-state index in [0.29, 0.717) is 6.42 Å². The van der Waals surface area contributed by atoms with Gasteiger partial charge in [-0.05, 0) is 32.8 Å². The number of unbranched alkanes of at least 4 members (excludes halogenated alkanes) is 1. The SMILES string of the molecule is CCCC[C@H](NC(O)OC(C)(C)C)C(=O)OCc1ccccc1. The molecule has 0 saturated carbocycles. The van der Waals surface area contributed by atoms with E-state index in [2.05, 4.69) is 12.2 Å². The molecular formula is C18H29NO4. The van der Waals surface area contributed by atoms with Gasteiger partial charge in [-0.1, -0.05) is 50.1 Å². The Bertz CT molecular complexity index is 456. The van der Waals surface area contributed by atoms with E-state index in [1.807, 2.05) is 51.1 Å². The van der Waals surface area contributed by atoms with Crippen molar-refractivity contribution in [1.82, 2.24) is 5.32 Å². The van der Waals surface area contributed by atoms with Crippen LogP contribution in [0, 0.1) is 0 Å². The zero-order valence-corrected chi connectivity index (χ0v) is 14.5. The third kappa shape index (κ3) is 8.69. The lowest BCUT2D eigenvalue weighted by molar-refractivity contribution is -0.190. The minimum atomic E-state index is -1.21. The van der Waals surface area contributed by atoms with Crippen molar-refractivity contribution in [2.45, 2.75) is 71.6 Å². The van der Waals surface area contributed by atoms with Crippen molar-refractivity contribution in [2.75, 3.05) is 0 Å². The molecule has 0 radical (unpaired) electrons. The standard InChI is InChI=1S/C18H29NO4/c1-5-6-12-15(19-17(21)23-18(2,3)4)16(20)22-13-14-10-8-7-9-11-14/h7-11,15,17,19,21H,5-6,12-13H2,1-4H3/t15-,17?/m0/s1. The van der Waals surface area contributed by atoms with Gasteiger partial charge in [-0.25, -0.2) is 0 Å². The highest BCUT2D eigenvalue weighted by Crippen LogP contribution is 2.11. The molecule has 0 spiro atoms. The molecule has 2 atom stereocenters. The van der Waals surface area contributed by atoms with Gasteiger partial charge in [0, 0.05) is 0 Å². The number of esters is 1. The Balaban J connectivity index is 2.55. The second-order valence-electron chi connectivity index (χ2n) is 6.54. The smallest absolute Gasteiger partial charge is 0.323 e. The number of aliphatic hydroxyl groups excluding tert-OH is 1. The van der Waals surface area contributed by atoms with E-state index in [1.165, 1.54) is 0 Å². The number of carbonyl (C=O) groups is 1. The predicted molar refractivity (Wildman–Crippen MR) is 89.5 cm³/mol. The van der Waals surface area contributed by atoms with E-state index in [9.17, 15) is 9.90 Å². The van der Waals surface area contributed by atoms with Crippen molar-refractivity contribution in [2.24, 2.45) is 0 Å². The zero-order chi connectivity index (χ0) is 17.3. The van der Waals surface area contributed by atoms with Crippen LogP contribution in [0.3, 0.4) is 0 Å². The minimum Gasteiger partial charge on any atom is -0.460 e. The van der Waals surface area contributed by atoms with E-state index < -0.39 is 18.1 Å². The second kappa shape index (κ2) is 9.65. The molecule has 0 aliphatic heterocycles. The fourth-order valence-electron chi connectivity index (χ4n) is 2.05. The molecule has 0 fully saturated rings. The second-order valence-corrected chi connectivity index (χ2v) is 6.54. The Hall–Kier alpha value is -1.43. The predicted octanol–water partition coefficient (Wildman–Crippen LogP) is 2.97. The lowest BCUT2D eigenvalue weighted by atomic mass is 10.1. The Morgan fingerprint density at radius 2 is 1.91 bits per heavy atom. The van der Waals surface area contributed by atoms with Gasteiger partial charge in [0.15, 0.2) is 0 Å². The van der Waals surface area contributed by atoms with Crippen LogP contribution in [-0.2, 0) is 20.9 Å². The topological polar surface area (TPSA) is 67.8 Å². The molecule has 1 unspecified atom stereocenters. The summed E-state index contributed by atoms with van der Waals surface area (Å²) < 4.78 is 10.7. The first-order chi connectivity index (χ1) is 10.8. The van der Waals surface area contributed by atoms with Crippen molar-refractivity contribution in [3.63, 3.8) is 0 Å². The van der Waals surface area contributed by atoms with Crippen LogP contribution in [0.1, 0.15) is 52.5 Å². The first-order valence-electron chi connectivity index (χ1n) is 8.14. The Labute approximate surface area is 139 Å². The molecule has 5 heteroatoms. The van der Waals surface area contributed by atoms with Gasteiger partial charge >= 0.3 is 5.97 Å². The van der Waals surface area contributed by atoms with E-state index in [0.717, 1.165) is 18.4 Å². The molecule has 0 aliphatic rings. The molecule has 2 N–H and O–H groups in total. The summed E-state index contributed by atoms with van der Waals surface area (Å²) in [6, 6.07) is 8.93. The summed E-state index contributed by atoms with van der Waals surface area (Å²) in [4.78, 5) is 12.3. The van der Waals surface area contributed by atoms with Crippen LogP contribution in [0.5, 0.6) is 0 Å². The highest BCUT2D eigenvalue weighted by atomic mass is 16.6. The average molecular weight is 323 g/mol. The first-order valence-corrected chi connectivity index (χ1v) is 8.14. The summed E-state index contributed by atoms with van der Waals surface area (Å²) >= 11 is 0. The van der Waals surface area contributed by atoms with E-state index in [1.54, 1.807) is 0 Å². The molecule has 1 rings (SSSR count). The summed E-state index contributed by atoms with van der Waals surface area (Å²) in [6.45, 7) is 7.79. The first kappa shape index (κ1) is 19.6. The molecule has 23 heavy (non-hydrogen) atoms. The van der Waals surface area contributed by atoms with E-state index >= 15 is 0 Å². The molecular weight excluding hydrogens is 294 g/mol. The number of carbonyl (C=O) groups excluding carboxylic acids is 1. The number of benzene rings is 1. The summed E-state index contributed by atoms with van der Waals surface area (Å²) in [5, 5.41) is 12.8. The molecule has 5 nitrogen and oxygen atoms in total. The van der Waals surface area contributed by atoms with Crippen LogP contribution in [0.15, 0.2) is 30.3 Å². The van der Waals surface area contributed by atoms with Crippen LogP contribution in [0.2, 0.25) is 0 Å². The number of aliphatic hydroxyl groups is 1. The summed E-state index contributed by atoms with van der Waals surface area (Å²) in [6.07, 6.45) is 1.20. The van der Waals surface area contributed by atoms with Crippen molar-refractivity contribution in [3.8, 4) is 0 Å². The van der Waals surface area contributed by atoms with Crippen molar-refractivity contribution >= 4 is 5.97 Å². The van der Waals surface area contributed by atoms with Crippen LogP contribution in [0.4, 0.5) is 0 Å². The maximum atomic E-state index is 12.3. The third-order valence-corrected chi connectivity index (χ3v) is 3.16. The van der Waals surface area contributed by atoms with Crippen LogP contribution >= 0.6 is 0 Å². The minimum absolute atomic E-state index is 0.222. The van der Waals surface area contributed by atoms with Crippen molar-refractivity contribution in [3.05, 3.63) is 35.9 Å². The van der Waals surface area contributed by atoms with Crippen molar-refractivity contribution in [1.29, 1.82) is 0 Å². The molecule has 0 heterocycles. The molecule has 0 aliphatic carbocycles. The van der Waals surface area contributed by atoms with Gasteiger partial charge in [-0.2, -0.15) is 0 Å². The third-order valence-electron chi connectivity index (χ3n) is 3.16. The number of nitrogens with one attached hydrogen (secondary N) is 1. The van der Waals surface area contributed by atoms with Gasteiger partial charge in [0.1, 0.15) is 12.6 Å². The van der Waals surface area contributed by atoms with E-state index in [4.69, 9.17) is 9.47 Å². The maximum Gasteiger partial charge on any atom is 0.323 e. The Morgan fingerprint density at radius 1 is 1.26 bits per heavy atom. The molecule has 1 aromatic carbocycles.